The first kappa shape index (κ1) is 35.3. The number of anilines is 4. The monoisotopic (exact) mass is 692 g/mol. The van der Waals surface area contributed by atoms with E-state index in [1.165, 1.54) is 23.5 Å². The fourth-order valence-electron chi connectivity index (χ4n) is 4.49. The van der Waals surface area contributed by atoms with Crippen molar-refractivity contribution in [1.29, 1.82) is 0 Å². The first-order valence-corrected chi connectivity index (χ1v) is 17.0. The van der Waals surface area contributed by atoms with Gasteiger partial charge in [0.2, 0.25) is 5.91 Å². The van der Waals surface area contributed by atoms with Gasteiger partial charge in [-0.2, -0.15) is 0 Å². The predicted molar refractivity (Wildman–Crippen MR) is 188 cm³/mol. The Balaban J connectivity index is 0.000000144. The minimum absolute atomic E-state index is 0.0422. The molecule has 0 radical (unpaired) electrons. The molecule has 7 rings (SSSR count). The van der Waals surface area contributed by atoms with E-state index in [0.717, 1.165) is 39.2 Å². The molecule has 0 aromatic carbocycles. The second-order valence-corrected chi connectivity index (χ2v) is 13.4. The van der Waals surface area contributed by atoms with Gasteiger partial charge in [0.1, 0.15) is 28.5 Å². The van der Waals surface area contributed by atoms with Crippen molar-refractivity contribution in [3.05, 3.63) is 94.1 Å². The number of hydrogen-bond donors (Lipinski definition) is 4. The molecule has 0 saturated heterocycles. The number of fused-ring (bicyclic) bond motifs is 3. The van der Waals surface area contributed by atoms with Crippen LogP contribution in [-0.2, 0) is 18.6 Å². The number of alkyl halides is 1. The third-order valence-corrected chi connectivity index (χ3v) is 9.61. The number of ketones is 1. The van der Waals surface area contributed by atoms with E-state index >= 15 is 0 Å². The van der Waals surface area contributed by atoms with Crippen molar-refractivity contribution in [3.8, 4) is 0 Å². The van der Waals surface area contributed by atoms with Crippen molar-refractivity contribution >= 4 is 81.9 Å². The van der Waals surface area contributed by atoms with Crippen LogP contribution in [0.2, 0.25) is 0 Å². The lowest BCUT2D eigenvalue weighted by atomic mass is 10.1. The molecule has 15 heteroatoms. The lowest BCUT2D eigenvalue weighted by molar-refractivity contribution is -0.116. The summed E-state index contributed by atoms with van der Waals surface area (Å²) < 4.78 is -1.01. The van der Waals surface area contributed by atoms with Crippen LogP contribution in [-0.4, -0.2) is 56.0 Å². The number of nitrogens with one attached hydrogen (secondary N) is 3. The van der Waals surface area contributed by atoms with Crippen LogP contribution in [0.3, 0.4) is 0 Å². The van der Waals surface area contributed by atoms with Gasteiger partial charge in [0.05, 0.1) is 5.56 Å². The molecule has 12 nitrogen and oxygen atoms in total. The van der Waals surface area contributed by atoms with E-state index in [9.17, 15) is 19.2 Å². The summed E-state index contributed by atoms with van der Waals surface area (Å²) in [4.78, 5) is 61.0. The fourth-order valence-corrected chi connectivity index (χ4v) is 6.00. The zero-order chi connectivity index (χ0) is 34.5. The van der Waals surface area contributed by atoms with Gasteiger partial charge < -0.3 is 21.7 Å². The molecule has 3 aliphatic rings. The number of thioether (sulfide) groups is 2. The van der Waals surface area contributed by atoms with E-state index in [1.54, 1.807) is 36.9 Å². The molecule has 3 amide bonds. The summed E-state index contributed by atoms with van der Waals surface area (Å²) in [7, 11) is 0. The normalized spacial score (nSPS) is 18.1. The Labute approximate surface area is 285 Å². The Bertz CT molecular complexity index is 1840. The lowest BCUT2D eigenvalue weighted by Gasteiger charge is -2.15. The summed E-state index contributed by atoms with van der Waals surface area (Å²) in [6, 6.07) is 9.28. The lowest BCUT2D eigenvalue weighted by Crippen LogP contribution is -2.24. The minimum atomic E-state index is -1.01. The van der Waals surface area contributed by atoms with Crippen molar-refractivity contribution < 1.29 is 19.2 Å². The first-order chi connectivity index (χ1) is 22.3. The summed E-state index contributed by atoms with van der Waals surface area (Å²) in [5.41, 5.74) is 11.6. The van der Waals surface area contributed by atoms with Gasteiger partial charge >= 0.3 is 0 Å². The summed E-state index contributed by atoms with van der Waals surface area (Å²) in [5.74, 6) is 0.982. The maximum absolute atomic E-state index is 11.6. The van der Waals surface area contributed by atoms with Gasteiger partial charge in [-0.15, -0.1) is 23.5 Å². The quantitative estimate of drug-likeness (QED) is 0.157. The number of halogens is 1. The van der Waals surface area contributed by atoms with Gasteiger partial charge in [0.15, 0.2) is 4.21 Å². The van der Waals surface area contributed by atoms with Gasteiger partial charge in [-0.1, -0.05) is 17.7 Å². The van der Waals surface area contributed by atoms with Crippen LogP contribution in [0.1, 0.15) is 49.0 Å². The molecule has 7 heterocycles. The minimum Gasteiger partial charge on any atom is -0.384 e. The van der Waals surface area contributed by atoms with Crippen LogP contribution in [0.25, 0.3) is 0 Å². The Hall–Kier alpha value is -4.53. The molecule has 3 aliphatic heterocycles. The van der Waals surface area contributed by atoms with Gasteiger partial charge in [-0.25, -0.2) is 19.9 Å². The highest BCUT2D eigenvalue weighted by Crippen LogP contribution is 2.47. The maximum Gasteiger partial charge on any atom is 0.298 e. The number of hydrogen-bond acceptors (Lipinski definition) is 11. The van der Waals surface area contributed by atoms with Crippen molar-refractivity contribution in [2.75, 3.05) is 34.2 Å². The molecule has 0 saturated carbocycles. The van der Waals surface area contributed by atoms with Crippen molar-refractivity contribution in [2.24, 2.45) is 0 Å². The summed E-state index contributed by atoms with van der Waals surface area (Å²) >= 11 is 9.07. The van der Waals surface area contributed by atoms with E-state index in [2.05, 4.69) is 35.9 Å². The fraction of sp³-hybridized carbons (Fsp3) is 0.250. The number of aromatic nitrogens is 4. The number of nitrogens with zero attached hydrogens (tertiary/aromatic N) is 4. The number of Topliss-reactive ketones (excluding diaryl/α,β-unsaturated/α-hetero) is 1. The molecule has 47 heavy (non-hydrogen) atoms. The summed E-state index contributed by atoms with van der Waals surface area (Å²) in [5, 5.41) is 7.71. The van der Waals surface area contributed by atoms with Crippen molar-refractivity contribution in [2.45, 2.75) is 37.2 Å². The number of carbonyl (C=O) groups excluding carboxylic acids is 4. The van der Waals surface area contributed by atoms with Crippen molar-refractivity contribution in [3.63, 3.8) is 0 Å². The summed E-state index contributed by atoms with van der Waals surface area (Å²) in [6.07, 6.45) is 10.6. The average molecular weight is 693 g/mol. The van der Waals surface area contributed by atoms with Gasteiger partial charge in [0, 0.05) is 35.9 Å². The van der Waals surface area contributed by atoms with E-state index in [1.807, 2.05) is 58.4 Å². The van der Waals surface area contributed by atoms with Gasteiger partial charge in [-0.3, -0.25) is 19.2 Å². The molecule has 0 fully saturated rings. The Kier molecular flexibility index (Phi) is 11.2. The molecule has 2 unspecified atom stereocenters. The topological polar surface area (TPSA) is 182 Å². The third-order valence-electron chi connectivity index (χ3n) is 6.87. The number of nitrogen functional groups attached to an aromatic ring is 1. The molecule has 5 N–H and O–H groups in total. The van der Waals surface area contributed by atoms with Crippen LogP contribution in [0.5, 0.6) is 0 Å². The van der Waals surface area contributed by atoms with E-state index in [4.69, 9.17) is 17.3 Å². The van der Waals surface area contributed by atoms with Crippen LogP contribution in [0, 0.1) is 27.7 Å². The highest BCUT2D eigenvalue weighted by Gasteiger charge is 2.45. The van der Waals surface area contributed by atoms with Crippen LogP contribution in [0.15, 0.2) is 55.1 Å². The molecule has 0 bridgehead atoms. The smallest absolute Gasteiger partial charge is 0.298 e. The van der Waals surface area contributed by atoms with E-state index in [0.29, 0.717) is 23.0 Å². The maximum atomic E-state index is 11.6. The van der Waals surface area contributed by atoms with E-state index < -0.39 is 15.9 Å². The van der Waals surface area contributed by atoms with E-state index in [-0.39, 0.29) is 17.1 Å². The third kappa shape index (κ3) is 8.07. The number of rotatable bonds is 2. The molecule has 4 aromatic heterocycles. The highest BCUT2D eigenvalue weighted by molar-refractivity contribution is 8.01. The molecule has 0 aliphatic carbocycles. The largest absolute Gasteiger partial charge is 0.384 e. The predicted octanol–water partition coefficient (Wildman–Crippen LogP) is 5.34. The molecule has 0 spiro atoms. The second-order valence-electron chi connectivity index (χ2n) is 10.7. The standard InChI is InChI=1S/C9H9ClN2OS.C9H10N2OS.C8H6N2O2.C6H8N2/c1-5-3-6-7(11-4-5)12-8(13)9(6,10)14-2;1-5-3-6-7(13-2)9(12)11-8(6)10-4-5;1-4-2-5-6(11)8(12)10-7(5)9-3-4;1-5-2-3-6(7)8-4-5/h3-4H,1-2H3,(H,11,12,13);3-4,7H,1-2H3,(H,10,11,12);2-3H,1H3,(H,9,10,11,12);2-4H,1H3,(H2,7,8). The second kappa shape index (κ2) is 14.9. The van der Waals surface area contributed by atoms with Gasteiger partial charge in [0.25, 0.3) is 17.6 Å². The van der Waals surface area contributed by atoms with Crippen molar-refractivity contribution in [1.82, 2.24) is 19.9 Å². The molecule has 4 aromatic rings. The molecule has 2 atom stereocenters. The molecular formula is C32H33ClN8O4S2. The van der Waals surface area contributed by atoms with Crippen LogP contribution < -0.4 is 21.7 Å². The Morgan fingerprint density at radius 1 is 0.745 bits per heavy atom. The zero-order valence-corrected chi connectivity index (χ0v) is 28.9. The van der Waals surface area contributed by atoms with Gasteiger partial charge in [-0.05, 0) is 86.7 Å². The first-order valence-electron chi connectivity index (χ1n) is 14.1. The Morgan fingerprint density at radius 2 is 1.34 bits per heavy atom. The molecular weight excluding hydrogens is 660 g/mol. The number of pyridine rings is 4. The Morgan fingerprint density at radius 3 is 1.94 bits per heavy atom. The number of carbonyl (C=O) groups is 4. The number of nitrogens with two attached hydrogens (primary N) is 1. The SMILES string of the molecule is CSC1(Cl)C(=O)Nc2ncc(C)cc21.CSC1C(=O)Nc2ncc(C)cc21.Cc1ccc(N)nc1.Cc1cnc2c(c1)C(=O)C(=O)N2. The number of aryl methyl sites for hydroxylation is 4. The average Bonchev–Trinajstić information content (AvgIpc) is 3.61. The summed E-state index contributed by atoms with van der Waals surface area (Å²) in [6.45, 7) is 7.71. The van der Waals surface area contributed by atoms with Crippen LogP contribution in [0.4, 0.5) is 23.3 Å². The highest BCUT2D eigenvalue weighted by atomic mass is 35.5. The number of amides is 3. The zero-order valence-electron chi connectivity index (χ0n) is 26.5. The molecule has 244 valence electrons. The van der Waals surface area contributed by atoms with Crippen LogP contribution >= 0.6 is 35.1 Å².